The lowest BCUT2D eigenvalue weighted by atomic mass is 10.1. The molecule has 0 aliphatic carbocycles. The molecular weight excluding hydrogens is 302 g/mol. The smallest absolute Gasteiger partial charge is 0.254 e. The highest BCUT2D eigenvalue weighted by molar-refractivity contribution is 5.98. The van der Waals surface area contributed by atoms with Gasteiger partial charge in [0, 0.05) is 32.2 Å². The molecule has 0 spiro atoms. The minimum atomic E-state index is -0.153. The fourth-order valence-corrected chi connectivity index (χ4v) is 2.39. The quantitative estimate of drug-likeness (QED) is 0.731. The van der Waals surface area contributed by atoms with E-state index >= 15 is 0 Å². The van der Waals surface area contributed by atoms with E-state index < -0.39 is 0 Å². The highest BCUT2D eigenvalue weighted by Crippen LogP contribution is 2.13. The summed E-state index contributed by atoms with van der Waals surface area (Å²) in [5.74, 6) is 0.428. The van der Waals surface area contributed by atoms with Crippen LogP contribution in [0.1, 0.15) is 21.5 Å². The van der Waals surface area contributed by atoms with Crippen LogP contribution in [0.15, 0.2) is 61.1 Å². The monoisotopic (exact) mass is 321 g/mol. The minimum absolute atomic E-state index is 0.153. The molecule has 2 N–H and O–H groups in total. The van der Waals surface area contributed by atoms with Gasteiger partial charge in [0.05, 0.1) is 12.1 Å². The van der Waals surface area contributed by atoms with Crippen molar-refractivity contribution in [3.8, 4) is 0 Å². The highest BCUT2D eigenvalue weighted by Gasteiger charge is 2.10. The molecular formula is C18H19N5O. The molecule has 0 unspecified atom stereocenters. The lowest BCUT2D eigenvalue weighted by Crippen LogP contribution is -2.20. The van der Waals surface area contributed by atoms with Crippen molar-refractivity contribution in [3.63, 3.8) is 0 Å². The second-order valence-electron chi connectivity index (χ2n) is 5.35. The maximum Gasteiger partial charge on any atom is 0.254 e. The van der Waals surface area contributed by atoms with E-state index in [1.54, 1.807) is 31.6 Å². The summed E-state index contributed by atoms with van der Waals surface area (Å²) >= 11 is 0. The van der Waals surface area contributed by atoms with Crippen LogP contribution in [0.3, 0.4) is 0 Å². The first kappa shape index (κ1) is 15.7. The summed E-state index contributed by atoms with van der Waals surface area (Å²) in [5.41, 5.74) is 2.84. The topological polar surface area (TPSA) is 71.8 Å². The van der Waals surface area contributed by atoms with Crippen LogP contribution in [-0.4, -0.2) is 27.7 Å². The molecule has 24 heavy (non-hydrogen) atoms. The molecule has 0 saturated heterocycles. The Hall–Kier alpha value is -3.15. The van der Waals surface area contributed by atoms with Gasteiger partial charge in [-0.2, -0.15) is 5.10 Å². The summed E-state index contributed by atoms with van der Waals surface area (Å²) in [6.07, 6.45) is 5.38. The predicted molar refractivity (Wildman–Crippen MR) is 92.7 cm³/mol. The number of hydrogen-bond acceptors (Lipinski definition) is 4. The average molecular weight is 321 g/mol. The maximum absolute atomic E-state index is 11.8. The number of benzene rings is 1. The van der Waals surface area contributed by atoms with Gasteiger partial charge in [-0.05, 0) is 29.3 Å². The van der Waals surface area contributed by atoms with Crippen LogP contribution in [0.2, 0.25) is 0 Å². The number of pyridine rings is 1. The van der Waals surface area contributed by atoms with Crippen LogP contribution in [0.5, 0.6) is 0 Å². The van der Waals surface area contributed by atoms with Crippen molar-refractivity contribution >= 4 is 11.7 Å². The molecule has 0 fully saturated rings. The largest absolute Gasteiger partial charge is 0.365 e. The molecule has 0 radical (unpaired) electrons. The number of anilines is 1. The number of hydrogen-bond donors (Lipinski definition) is 2. The van der Waals surface area contributed by atoms with Gasteiger partial charge in [0.25, 0.3) is 5.91 Å². The Morgan fingerprint density at radius 1 is 1.08 bits per heavy atom. The molecule has 0 bridgehead atoms. The van der Waals surface area contributed by atoms with Gasteiger partial charge in [0.2, 0.25) is 0 Å². The third kappa shape index (κ3) is 3.78. The van der Waals surface area contributed by atoms with Crippen LogP contribution in [0.25, 0.3) is 0 Å². The predicted octanol–water partition coefficient (Wildman–Crippen LogP) is 2.30. The van der Waals surface area contributed by atoms with Gasteiger partial charge >= 0.3 is 0 Å². The molecule has 6 heteroatoms. The first-order valence-electron chi connectivity index (χ1n) is 7.72. The summed E-state index contributed by atoms with van der Waals surface area (Å²) in [5, 5.41) is 10.0. The van der Waals surface area contributed by atoms with Gasteiger partial charge in [-0.3, -0.25) is 9.48 Å². The molecule has 6 nitrogen and oxygen atoms in total. The third-order valence-corrected chi connectivity index (χ3v) is 3.67. The van der Waals surface area contributed by atoms with Crippen molar-refractivity contribution in [2.24, 2.45) is 0 Å². The van der Waals surface area contributed by atoms with Gasteiger partial charge < -0.3 is 10.6 Å². The molecule has 1 aromatic carbocycles. The Bertz CT molecular complexity index is 797. The molecule has 122 valence electrons. The molecule has 0 atom stereocenters. The van der Waals surface area contributed by atoms with E-state index in [0.29, 0.717) is 17.9 Å². The van der Waals surface area contributed by atoms with Crippen LogP contribution in [0.4, 0.5) is 5.82 Å². The lowest BCUT2D eigenvalue weighted by molar-refractivity contribution is 0.0963. The van der Waals surface area contributed by atoms with E-state index in [9.17, 15) is 4.79 Å². The second-order valence-corrected chi connectivity index (χ2v) is 5.35. The average Bonchev–Trinajstić information content (AvgIpc) is 3.14. The summed E-state index contributed by atoms with van der Waals surface area (Å²) in [6.45, 7) is 1.35. The van der Waals surface area contributed by atoms with Gasteiger partial charge in [-0.25, -0.2) is 4.98 Å². The van der Waals surface area contributed by atoms with E-state index in [0.717, 1.165) is 12.1 Å². The number of aromatic nitrogens is 3. The number of carbonyl (C=O) groups excluding carboxylic acids is 1. The highest BCUT2D eigenvalue weighted by atomic mass is 16.1. The van der Waals surface area contributed by atoms with Crippen LogP contribution < -0.4 is 10.6 Å². The Morgan fingerprint density at radius 2 is 1.88 bits per heavy atom. The zero-order valence-corrected chi connectivity index (χ0v) is 13.4. The van der Waals surface area contributed by atoms with Crippen LogP contribution in [-0.2, 0) is 13.1 Å². The van der Waals surface area contributed by atoms with E-state index in [4.69, 9.17) is 0 Å². The fourth-order valence-electron chi connectivity index (χ4n) is 2.39. The SMILES string of the molecule is CNC(=O)c1cccnc1NCc1ccc(Cn2cccn2)cc1. The summed E-state index contributed by atoms with van der Waals surface area (Å²) in [6, 6.07) is 13.7. The molecule has 3 aromatic rings. The number of nitrogens with zero attached hydrogens (tertiary/aromatic N) is 3. The van der Waals surface area contributed by atoms with Crippen molar-refractivity contribution < 1.29 is 4.79 Å². The Morgan fingerprint density at radius 3 is 2.58 bits per heavy atom. The second kappa shape index (κ2) is 7.41. The number of carbonyl (C=O) groups is 1. The van der Waals surface area contributed by atoms with Crippen LogP contribution in [0, 0.1) is 0 Å². The number of nitrogens with one attached hydrogen (secondary N) is 2. The third-order valence-electron chi connectivity index (χ3n) is 3.67. The van der Waals surface area contributed by atoms with Gasteiger partial charge in [-0.15, -0.1) is 0 Å². The molecule has 2 heterocycles. The van der Waals surface area contributed by atoms with Crippen LogP contribution >= 0.6 is 0 Å². The zero-order chi connectivity index (χ0) is 16.8. The number of rotatable bonds is 6. The van der Waals surface area contributed by atoms with E-state index in [1.807, 2.05) is 16.9 Å². The standard InChI is InChI=1S/C18H19N5O/c1-19-18(24)16-4-2-9-20-17(16)21-12-14-5-7-15(8-6-14)13-23-11-3-10-22-23/h2-11H,12-13H2,1H3,(H,19,24)(H,20,21). The Balaban J connectivity index is 1.64. The number of amides is 1. The first-order valence-corrected chi connectivity index (χ1v) is 7.72. The van der Waals surface area contributed by atoms with Gasteiger partial charge in [0.1, 0.15) is 5.82 Å². The molecule has 1 amide bonds. The van der Waals surface area contributed by atoms with Crippen molar-refractivity contribution in [1.82, 2.24) is 20.1 Å². The molecule has 0 aliphatic rings. The Labute approximate surface area is 140 Å². The van der Waals surface area contributed by atoms with Crippen molar-refractivity contribution in [2.75, 3.05) is 12.4 Å². The van der Waals surface area contributed by atoms with Gasteiger partial charge in [0.15, 0.2) is 0 Å². The summed E-state index contributed by atoms with van der Waals surface area (Å²) in [7, 11) is 1.61. The minimum Gasteiger partial charge on any atom is -0.365 e. The zero-order valence-electron chi connectivity index (χ0n) is 13.4. The van der Waals surface area contributed by atoms with Crippen molar-refractivity contribution in [1.29, 1.82) is 0 Å². The first-order chi connectivity index (χ1) is 11.8. The lowest BCUT2D eigenvalue weighted by Gasteiger charge is -2.10. The van der Waals surface area contributed by atoms with E-state index in [2.05, 4.69) is 45.0 Å². The molecule has 0 aliphatic heterocycles. The normalized spacial score (nSPS) is 10.4. The molecule has 0 saturated carbocycles. The van der Waals surface area contributed by atoms with E-state index in [-0.39, 0.29) is 5.91 Å². The fraction of sp³-hybridized carbons (Fsp3) is 0.167. The van der Waals surface area contributed by atoms with E-state index in [1.165, 1.54) is 5.56 Å². The van der Waals surface area contributed by atoms with Gasteiger partial charge in [-0.1, -0.05) is 24.3 Å². The molecule has 2 aromatic heterocycles. The van der Waals surface area contributed by atoms with Crippen molar-refractivity contribution in [3.05, 3.63) is 77.7 Å². The maximum atomic E-state index is 11.8. The summed E-state index contributed by atoms with van der Waals surface area (Å²) in [4.78, 5) is 16.1. The van der Waals surface area contributed by atoms with Crippen molar-refractivity contribution in [2.45, 2.75) is 13.1 Å². The Kier molecular flexibility index (Phi) is 4.86. The molecule has 3 rings (SSSR count). The summed E-state index contributed by atoms with van der Waals surface area (Å²) < 4.78 is 1.89.